The molecule has 0 fully saturated rings. The van der Waals surface area contributed by atoms with E-state index in [1.807, 2.05) is 0 Å². The zero-order valence-electron chi connectivity index (χ0n) is 5.86. The maximum atomic E-state index is 9.14. The van der Waals surface area contributed by atoms with Crippen LogP contribution in [0.15, 0.2) is 12.3 Å². The molecule has 0 spiro atoms. The zero-order valence-corrected chi connectivity index (χ0v) is 5.86. The van der Waals surface area contributed by atoms with Crippen molar-refractivity contribution in [2.45, 2.75) is 6.10 Å². The Kier molecular flexibility index (Phi) is 2.03. The van der Waals surface area contributed by atoms with Crippen LogP contribution in [-0.4, -0.2) is 21.4 Å². The summed E-state index contributed by atoms with van der Waals surface area (Å²) in [6.07, 6.45) is 1.15. The average Bonchev–Trinajstić information content (AvgIpc) is 2.34. The van der Waals surface area contributed by atoms with Crippen LogP contribution in [0.25, 0.3) is 0 Å². The lowest BCUT2D eigenvalue weighted by Crippen LogP contribution is -2.12. The summed E-state index contributed by atoms with van der Waals surface area (Å²) in [5.41, 5.74) is 5.84. The summed E-state index contributed by atoms with van der Waals surface area (Å²) < 4.78 is 1.63. The van der Waals surface area contributed by atoms with Crippen molar-refractivity contribution in [2.75, 3.05) is 6.54 Å². The molecular weight excluding hydrogens is 130 g/mol. The Morgan fingerprint density at radius 2 is 2.60 bits per heavy atom. The van der Waals surface area contributed by atoms with Gasteiger partial charge in [0.25, 0.3) is 0 Å². The number of aliphatic hydroxyl groups is 1. The Hall–Kier alpha value is -0.870. The highest BCUT2D eigenvalue weighted by atomic mass is 16.3. The van der Waals surface area contributed by atoms with E-state index in [0.717, 1.165) is 0 Å². The van der Waals surface area contributed by atoms with Gasteiger partial charge in [-0.15, -0.1) is 0 Å². The van der Waals surface area contributed by atoms with Gasteiger partial charge in [-0.05, 0) is 6.07 Å². The summed E-state index contributed by atoms with van der Waals surface area (Å²) in [6.45, 7) is 0.219. The van der Waals surface area contributed by atoms with Crippen LogP contribution in [0.5, 0.6) is 0 Å². The molecular formula is C6H11N3O. The van der Waals surface area contributed by atoms with E-state index in [0.29, 0.717) is 5.69 Å². The number of rotatable bonds is 2. The smallest absolute Gasteiger partial charge is 0.110 e. The second kappa shape index (κ2) is 2.81. The molecule has 10 heavy (non-hydrogen) atoms. The molecule has 0 aromatic carbocycles. The van der Waals surface area contributed by atoms with Crippen molar-refractivity contribution in [2.24, 2.45) is 12.8 Å². The van der Waals surface area contributed by atoms with Gasteiger partial charge in [0.05, 0.1) is 5.69 Å². The molecule has 1 heterocycles. The fraction of sp³-hybridized carbons (Fsp3) is 0.500. The first-order valence-electron chi connectivity index (χ1n) is 3.11. The summed E-state index contributed by atoms with van der Waals surface area (Å²) in [5.74, 6) is 0. The van der Waals surface area contributed by atoms with Gasteiger partial charge in [0.15, 0.2) is 0 Å². The van der Waals surface area contributed by atoms with E-state index in [4.69, 9.17) is 10.8 Å². The average molecular weight is 141 g/mol. The summed E-state index contributed by atoms with van der Waals surface area (Å²) in [6, 6.07) is 1.75. The van der Waals surface area contributed by atoms with E-state index < -0.39 is 6.10 Å². The summed E-state index contributed by atoms with van der Waals surface area (Å²) in [7, 11) is 1.80. The first kappa shape index (κ1) is 7.24. The molecule has 0 radical (unpaired) electrons. The third kappa shape index (κ3) is 1.34. The lowest BCUT2D eigenvalue weighted by Gasteiger charge is -2.00. The van der Waals surface area contributed by atoms with Crippen molar-refractivity contribution in [3.8, 4) is 0 Å². The minimum Gasteiger partial charge on any atom is -0.385 e. The molecule has 0 saturated carbocycles. The van der Waals surface area contributed by atoms with Crippen LogP contribution in [0.1, 0.15) is 11.8 Å². The monoisotopic (exact) mass is 141 g/mol. The highest BCUT2D eigenvalue weighted by Crippen LogP contribution is 2.05. The molecule has 0 amide bonds. The predicted octanol–water partition coefficient (Wildman–Crippen LogP) is -0.588. The Morgan fingerprint density at radius 3 is 3.00 bits per heavy atom. The van der Waals surface area contributed by atoms with Crippen LogP contribution in [0.3, 0.4) is 0 Å². The van der Waals surface area contributed by atoms with E-state index >= 15 is 0 Å². The number of aliphatic hydroxyl groups excluding tert-OH is 1. The quantitative estimate of drug-likeness (QED) is 0.578. The van der Waals surface area contributed by atoms with E-state index in [1.165, 1.54) is 0 Å². The third-order valence-corrected chi connectivity index (χ3v) is 1.30. The van der Waals surface area contributed by atoms with E-state index in [9.17, 15) is 0 Å². The maximum Gasteiger partial charge on any atom is 0.110 e. The van der Waals surface area contributed by atoms with Crippen molar-refractivity contribution >= 4 is 0 Å². The molecule has 3 N–H and O–H groups in total. The molecule has 0 saturated heterocycles. The Bertz CT molecular complexity index is 209. The first-order chi connectivity index (χ1) is 4.74. The number of nitrogens with zero attached hydrogens (tertiary/aromatic N) is 2. The number of aromatic nitrogens is 2. The second-order valence-electron chi connectivity index (χ2n) is 2.17. The van der Waals surface area contributed by atoms with Gasteiger partial charge in [-0.25, -0.2) is 0 Å². The molecule has 1 aromatic rings. The van der Waals surface area contributed by atoms with Gasteiger partial charge in [-0.1, -0.05) is 0 Å². The normalized spacial score (nSPS) is 13.5. The maximum absolute atomic E-state index is 9.14. The molecule has 0 unspecified atom stereocenters. The van der Waals surface area contributed by atoms with Crippen LogP contribution in [0.2, 0.25) is 0 Å². The third-order valence-electron chi connectivity index (χ3n) is 1.30. The van der Waals surface area contributed by atoms with E-state index in [-0.39, 0.29) is 6.54 Å². The lowest BCUT2D eigenvalue weighted by molar-refractivity contribution is 0.181. The van der Waals surface area contributed by atoms with Gasteiger partial charge in [0.2, 0.25) is 0 Å². The minimum absolute atomic E-state index is 0.219. The highest BCUT2D eigenvalue weighted by Gasteiger charge is 2.06. The largest absolute Gasteiger partial charge is 0.385 e. The molecule has 4 nitrogen and oxygen atoms in total. The van der Waals surface area contributed by atoms with Crippen LogP contribution < -0.4 is 5.73 Å². The van der Waals surface area contributed by atoms with E-state index in [1.54, 1.807) is 24.0 Å². The summed E-state index contributed by atoms with van der Waals surface area (Å²) in [5, 5.41) is 13.1. The van der Waals surface area contributed by atoms with Crippen LogP contribution in [-0.2, 0) is 7.05 Å². The zero-order chi connectivity index (χ0) is 7.56. The fourth-order valence-electron chi connectivity index (χ4n) is 0.732. The molecule has 4 heteroatoms. The van der Waals surface area contributed by atoms with Gasteiger partial charge in [0.1, 0.15) is 6.10 Å². The standard InChI is InChI=1S/C6H11N3O/c1-9-3-2-5(8-9)6(10)4-7/h2-3,6,10H,4,7H2,1H3/t6-/m1/s1. The number of aryl methyl sites for hydroxylation is 1. The minimum atomic E-state index is -0.624. The second-order valence-corrected chi connectivity index (χ2v) is 2.17. The van der Waals surface area contributed by atoms with E-state index in [2.05, 4.69) is 5.10 Å². The van der Waals surface area contributed by atoms with Crippen LogP contribution in [0.4, 0.5) is 0 Å². The van der Waals surface area contributed by atoms with Crippen LogP contribution >= 0.6 is 0 Å². The van der Waals surface area contributed by atoms with Gasteiger partial charge in [0, 0.05) is 19.8 Å². The fourth-order valence-corrected chi connectivity index (χ4v) is 0.732. The number of hydrogen-bond donors (Lipinski definition) is 2. The summed E-state index contributed by atoms with van der Waals surface area (Å²) >= 11 is 0. The lowest BCUT2D eigenvalue weighted by atomic mass is 10.3. The van der Waals surface area contributed by atoms with Gasteiger partial charge < -0.3 is 10.8 Å². The van der Waals surface area contributed by atoms with Crippen LogP contribution in [0, 0.1) is 0 Å². The first-order valence-corrected chi connectivity index (χ1v) is 3.11. The Labute approximate surface area is 59.3 Å². The molecule has 0 aliphatic carbocycles. The Balaban J connectivity index is 2.74. The molecule has 1 aromatic heterocycles. The van der Waals surface area contributed by atoms with Crippen molar-refractivity contribution in [1.29, 1.82) is 0 Å². The SMILES string of the molecule is Cn1ccc([C@H](O)CN)n1. The molecule has 56 valence electrons. The molecule has 0 bridgehead atoms. The highest BCUT2D eigenvalue weighted by molar-refractivity contribution is 5.02. The number of hydrogen-bond acceptors (Lipinski definition) is 3. The predicted molar refractivity (Wildman–Crippen MR) is 37.2 cm³/mol. The van der Waals surface area contributed by atoms with Crippen molar-refractivity contribution in [3.05, 3.63) is 18.0 Å². The van der Waals surface area contributed by atoms with Crippen molar-refractivity contribution in [1.82, 2.24) is 9.78 Å². The Morgan fingerprint density at radius 1 is 1.90 bits per heavy atom. The van der Waals surface area contributed by atoms with Crippen molar-refractivity contribution in [3.63, 3.8) is 0 Å². The van der Waals surface area contributed by atoms with Crippen molar-refractivity contribution < 1.29 is 5.11 Å². The molecule has 0 aliphatic heterocycles. The molecule has 1 rings (SSSR count). The summed E-state index contributed by atoms with van der Waals surface area (Å²) in [4.78, 5) is 0. The van der Waals surface area contributed by atoms with Gasteiger partial charge in [-0.2, -0.15) is 5.10 Å². The number of nitrogens with two attached hydrogens (primary N) is 1. The molecule has 1 atom stereocenters. The van der Waals surface area contributed by atoms with Gasteiger partial charge >= 0.3 is 0 Å². The topological polar surface area (TPSA) is 64.1 Å². The molecule has 0 aliphatic rings. The van der Waals surface area contributed by atoms with Gasteiger partial charge in [-0.3, -0.25) is 4.68 Å².